The van der Waals surface area contributed by atoms with Crippen LogP contribution in [0.25, 0.3) is 0 Å². The molecule has 0 aliphatic rings. The van der Waals surface area contributed by atoms with Crippen LogP contribution in [0.5, 0.6) is 5.75 Å². The zero-order valence-electron chi connectivity index (χ0n) is 12.3. The van der Waals surface area contributed by atoms with Gasteiger partial charge in [-0.2, -0.15) is 0 Å². The lowest BCUT2D eigenvalue weighted by molar-refractivity contribution is 0.385. The molecule has 0 aromatic heterocycles. The van der Waals surface area contributed by atoms with Gasteiger partial charge in [0.2, 0.25) is 0 Å². The van der Waals surface area contributed by atoms with Gasteiger partial charge in [0.1, 0.15) is 0 Å². The number of benzene rings is 1. The highest BCUT2D eigenvalue weighted by Gasteiger charge is 2.06. The second-order valence-corrected chi connectivity index (χ2v) is 5.02. The summed E-state index contributed by atoms with van der Waals surface area (Å²) in [4.78, 5) is 0. The summed E-state index contributed by atoms with van der Waals surface area (Å²) in [5.41, 5.74) is 0.962. The van der Waals surface area contributed by atoms with Crippen molar-refractivity contribution in [3.8, 4) is 5.75 Å². The summed E-state index contributed by atoms with van der Waals surface area (Å²) in [7, 11) is 1.48. The van der Waals surface area contributed by atoms with E-state index >= 15 is 0 Å². The number of halogens is 1. The fraction of sp³-hybridized carbons (Fsp3) is 0.625. The lowest BCUT2D eigenvalue weighted by Gasteiger charge is -2.15. The zero-order chi connectivity index (χ0) is 14.1. The van der Waals surface area contributed by atoms with Crippen molar-refractivity contribution in [1.82, 2.24) is 5.32 Å². The van der Waals surface area contributed by atoms with Crippen molar-refractivity contribution in [2.24, 2.45) is 5.92 Å². The summed E-state index contributed by atoms with van der Waals surface area (Å²) < 4.78 is 18.4. The van der Waals surface area contributed by atoms with Crippen LogP contribution in [0.15, 0.2) is 18.2 Å². The van der Waals surface area contributed by atoms with Gasteiger partial charge in [0.05, 0.1) is 7.11 Å². The predicted octanol–water partition coefficient (Wildman–Crippen LogP) is 4.14. The smallest absolute Gasteiger partial charge is 0.165 e. The highest BCUT2D eigenvalue weighted by atomic mass is 19.1. The molecule has 3 heteroatoms. The van der Waals surface area contributed by atoms with Gasteiger partial charge in [-0.25, -0.2) is 4.39 Å². The van der Waals surface area contributed by atoms with Gasteiger partial charge in [-0.15, -0.1) is 0 Å². The lowest BCUT2D eigenvalue weighted by atomic mass is 9.99. The van der Waals surface area contributed by atoms with Crippen molar-refractivity contribution in [3.63, 3.8) is 0 Å². The second kappa shape index (κ2) is 8.92. The van der Waals surface area contributed by atoms with E-state index in [4.69, 9.17) is 4.74 Å². The predicted molar refractivity (Wildman–Crippen MR) is 78.0 cm³/mol. The Morgan fingerprint density at radius 1 is 1.32 bits per heavy atom. The molecule has 1 rings (SSSR count). The van der Waals surface area contributed by atoms with Gasteiger partial charge < -0.3 is 10.1 Å². The highest BCUT2D eigenvalue weighted by Crippen LogP contribution is 2.17. The van der Waals surface area contributed by atoms with Gasteiger partial charge in [0, 0.05) is 6.54 Å². The molecule has 1 unspecified atom stereocenters. The van der Waals surface area contributed by atoms with Crippen molar-refractivity contribution in [2.75, 3.05) is 13.7 Å². The van der Waals surface area contributed by atoms with E-state index in [1.807, 2.05) is 6.07 Å². The van der Waals surface area contributed by atoms with Gasteiger partial charge in [0.15, 0.2) is 11.6 Å². The number of hydrogen-bond donors (Lipinski definition) is 1. The summed E-state index contributed by atoms with van der Waals surface area (Å²) in [6, 6.07) is 5.13. The van der Waals surface area contributed by atoms with Crippen LogP contribution < -0.4 is 10.1 Å². The molecule has 1 aromatic carbocycles. The van der Waals surface area contributed by atoms with Crippen LogP contribution in [0.2, 0.25) is 0 Å². The Hall–Kier alpha value is -1.09. The first kappa shape index (κ1) is 16.0. The van der Waals surface area contributed by atoms with E-state index < -0.39 is 0 Å². The van der Waals surface area contributed by atoms with E-state index in [0.717, 1.165) is 18.0 Å². The topological polar surface area (TPSA) is 21.3 Å². The molecule has 0 heterocycles. The summed E-state index contributed by atoms with van der Waals surface area (Å²) in [5, 5.41) is 3.42. The summed E-state index contributed by atoms with van der Waals surface area (Å²) in [6.07, 6.45) is 5.01. The van der Waals surface area contributed by atoms with E-state index in [-0.39, 0.29) is 5.82 Å². The highest BCUT2D eigenvalue weighted by molar-refractivity contribution is 5.29. The Labute approximate surface area is 116 Å². The fourth-order valence-electron chi connectivity index (χ4n) is 2.18. The molecule has 0 amide bonds. The molecule has 108 valence electrons. The number of unbranched alkanes of at least 4 members (excludes halogenated alkanes) is 1. The van der Waals surface area contributed by atoms with Gasteiger partial charge >= 0.3 is 0 Å². The van der Waals surface area contributed by atoms with Crippen molar-refractivity contribution in [2.45, 2.75) is 46.1 Å². The molecule has 0 spiro atoms. The van der Waals surface area contributed by atoms with E-state index in [0.29, 0.717) is 12.3 Å². The molecule has 0 bridgehead atoms. The van der Waals surface area contributed by atoms with Gasteiger partial charge in [-0.05, 0) is 36.6 Å². The maximum atomic E-state index is 13.5. The minimum atomic E-state index is -0.292. The van der Waals surface area contributed by atoms with Crippen molar-refractivity contribution < 1.29 is 9.13 Å². The number of nitrogens with one attached hydrogen (secondary N) is 1. The fourth-order valence-corrected chi connectivity index (χ4v) is 2.18. The third-order valence-electron chi connectivity index (χ3n) is 3.52. The first-order valence-electron chi connectivity index (χ1n) is 7.24. The summed E-state index contributed by atoms with van der Waals surface area (Å²) in [5.74, 6) is 0.737. The molecule has 0 fully saturated rings. The second-order valence-electron chi connectivity index (χ2n) is 5.02. The van der Waals surface area contributed by atoms with E-state index in [1.54, 1.807) is 12.1 Å². The van der Waals surface area contributed by atoms with E-state index in [9.17, 15) is 4.39 Å². The molecular weight excluding hydrogens is 241 g/mol. The van der Waals surface area contributed by atoms with Crippen LogP contribution in [0, 0.1) is 11.7 Å². The average Bonchev–Trinajstić information content (AvgIpc) is 2.42. The first-order valence-corrected chi connectivity index (χ1v) is 7.24. The minimum Gasteiger partial charge on any atom is -0.494 e. The van der Waals surface area contributed by atoms with Crippen molar-refractivity contribution >= 4 is 0 Å². The van der Waals surface area contributed by atoms with Crippen LogP contribution in [0.1, 0.15) is 45.1 Å². The standard InChI is InChI=1S/C16H26FNO/c1-4-6-7-13(5-2)11-18-12-14-8-9-16(19-3)15(17)10-14/h8-10,13,18H,4-7,11-12H2,1-3H3. The Kier molecular flexibility index (Phi) is 7.49. The molecule has 1 aromatic rings. The third kappa shape index (κ3) is 5.60. The van der Waals surface area contributed by atoms with Crippen molar-refractivity contribution in [3.05, 3.63) is 29.6 Å². The maximum Gasteiger partial charge on any atom is 0.165 e. The molecule has 1 atom stereocenters. The number of hydrogen-bond acceptors (Lipinski definition) is 2. The lowest BCUT2D eigenvalue weighted by Crippen LogP contribution is -2.22. The van der Waals surface area contributed by atoms with Crippen LogP contribution >= 0.6 is 0 Å². The Morgan fingerprint density at radius 2 is 2.11 bits per heavy atom. The van der Waals surface area contributed by atoms with Crippen LogP contribution in [0.4, 0.5) is 4.39 Å². The van der Waals surface area contributed by atoms with E-state index in [2.05, 4.69) is 19.2 Å². The normalized spacial score (nSPS) is 12.4. The molecule has 0 radical (unpaired) electrons. The maximum absolute atomic E-state index is 13.5. The molecular formula is C16H26FNO. The average molecular weight is 267 g/mol. The largest absolute Gasteiger partial charge is 0.494 e. The third-order valence-corrected chi connectivity index (χ3v) is 3.52. The molecule has 0 saturated heterocycles. The summed E-state index contributed by atoms with van der Waals surface area (Å²) >= 11 is 0. The Bertz CT molecular complexity index is 368. The van der Waals surface area contributed by atoms with Gasteiger partial charge in [-0.1, -0.05) is 39.2 Å². The van der Waals surface area contributed by atoms with Crippen LogP contribution in [-0.2, 0) is 6.54 Å². The van der Waals surface area contributed by atoms with Gasteiger partial charge in [0.25, 0.3) is 0 Å². The molecule has 2 nitrogen and oxygen atoms in total. The minimum absolute atomic E-state index is 0.292. The quantitative estimate of drug-likeness (QED) is 0.726. The van der Waals surface area contributed by atoms with Crippen molar-refractivity contribution in [1.29, 1.82) is 0 Å². The SMILES string of the molecule is CCCCC(CC)CNCc1ccc(OC)c(F)c1. The Balaban J connectivity index is 2.37. The zero-order valence-corrected chi connectivity index (χ0v) is 12.3. The van der Waals surface area contributed by atoms with Gasteiger partial charge in [-0.3, -0.25) is 0 Å². The number of rotatable bonds is 9. The monoisotopic (exact) mass is 267 g/mol. The number of ether oxygens (including phenoxy) is 1. The van der Waals surface area contributed by atoms with E-state index in [1.165, 1.54) is 32.8 Å². The molecule has 19 heavy (non-hydrogen) atoms. The molecule has 1 N–H and O–H groups in total. The van der Waals surface area contributed by atoms with Crippen LogP contribution in [-0.4, -0.2) is 13.7 Å². The van der Waals surface area contributed by atoms with Crippen LogP contribution in [0.3, 0.4) is 0 Å². The summed E-state index contributed by atoms with van der Waals surface area (Å²) in [6.45, 7) is 6.17. The molecule has 0 saturated carbocycles. The molecule has 0 aliphatic heterocycles. The number of methoxy groups -OCH3 is 1. The first-order chi connectivity index (χ1) is 9.21. The Morgan fingerprint density at radius 3 is 2.68 bits per heavy atom. The molecule has 0 aliphatic carbocycles.